The highest BCUT2D eigenvalue weighted by Crippen LogP contribution is 2.20. The van der Waals surface area contributed by atoms with E-state index in [1.807, 2.05) is 0 Å². The summed E-state index contributed by atoms with van der Waals surface area (Å²) < 4.78 is 4.62. The van der Waals surface area contributed by atoms with Gasteiger partial charge in [0.15, 0.2) is 5.69 Å². The van der Waals surface area contributed by atoms with Gasteiger partial charge < -0.3 is 4.74 Å². The maximum absolute atomic E-state index is 11.2. The van der Waals surface area contributed by atoms with Crippen molar-refractivity contribution in [2.75, 3.05) is 7.11 Å². The van der Waals surface area contributed by atoms with Gasteiger partial charge in [-0.3, -0.25) is 4.79 Å². The molecule has 1 rings (SSSR count). The molecule has 1 atom stereocenters. The Bertz CT molecular complexity index is 362. The van der Waals surface area contributed by atoms with Crippen LogP contribution in [0.4, 0.5) is 5.69 Å². The van der Waals surface area contributed by atoms with Crippen molar-refractivity contribution in [3.05, 3.63) is 41.2 Å². The Labute approximate surface area is 83.1 Å². The molecule has 0 aliphatic carbocycles. The zero-order valence-corrected chi connectivity index (χ0v) is 8.15. The summed E-state index contributed by atoms with van der Waals surface area (Å²) in [5, 5.41) is 0. The normalized spacial score (nSPS) is 11.5. The Morgan fingerprint density at radius 2 is 2.00 bits per heavy atom. The highest BCUT2D eigenvalue weighted by molar-refractivity contribution is 5.77. The Balaban J connectivity index is 2.88. The van der Waals surface area contributed by atoms with E-state index in [2.05, 4.69) is 9.58 Å². The van der Waals surface area contributed by atoms with Crippen molar-refractivity contribution in [2.45, 2.75) is 12.8 Å². The number of hydrogen-bond donors (Lipinski definition) is 0. The van der Waals surface area contributed by atoms with Gasteiger partial charge >= 0.3 is 5.97 Å². The summed E-state index contributed by atoms with van der Waals surface area (Å²) in [6.07, 6.45) is 0. The Kier molecular flexibility index (Phi) is 3.24. The molecule has 0 aromatic heterocycles. The Morgan fingerprint density at radius 1 is 1.43 bits per heavy atom. The van der Waals surface area contributed by atoms with E-state index >= 15 is 0 Å². The number of carbonyl (C=O) groups excluding carboxylic acids is 1. The summed E-state index contributed by atoms with van der Waals surface area (Å²) in [6, 6.07) is 6.94. The number of ether oxygens (including phenoxy) is 1. The summed E-state index contributed by atoms with van der Waals surface area (Å²) in [5.74, 6) is -0.541. The van der Waals surface area contributed by atoms with E-state index in [4.69, 9.17) is 6.57 Å². The van der Waals surface area contributed by atoms with Crippen molar-refractivity contribution in [3.8, 4) is 0 Å². The first kappa shape index (κ1) is 10.3. The Hall–Kier alpha value is -1.82. The number of methoxy groups -OCH3 is 1. The lowest BCUT2D eigenvalue weighted by atomic mass is 10.0. The van der Waals surface area contributed by atoms with E-state index in [1.54, 1.807) is 31.2 Å². The van der Waals surface area contributed by atoms with Crippen LogP contribution in [0.1, 0.15) is 18.4 Å². The fraction of sp³-hybridized carbons (Fsp3) is 0.273. The second kappa shape index (κ2) is 4.43. The average Bonchev–Trinajstić information content (AvgIpc) is 2.27. The third-order valence-electron chi connectivity index (χ3n) is 2.08. The Morgan fingerprint density at radius 3 is 2.43 bits per heavy atom. The second-order valence-electron chi connectivity index (χ2n) is 2.95. The number of carbonyl (C=O) groups is 1. The molecule has 0 heterocycles. The average molecular weight is 189 g/mol. The van der Waals surface area contributed by atoms with E-state index in [9.17, 15) is 4.79 Å². The van der Waals surface area contributed by atoms with Gasteiger partial charge in [0.2, 0.25) is 0 Å². The molecule has 0 saturated heterocycles. The summed E-state index contributed by atoms with van der Waals surface area (Å²) in [6.45, 7) is 8.55. The van der Waals surface area contributed by atoms with Gasteiger partial charge in [0.25, 0.3) is 0 Å². The van der Waals surface area contributed by atoms with Gasteiger partial charge in [-0.15, -0.1) is 0 Å². The van der Waals surface area contributed by atoms with Gasteiger partial charge in [0.05, 0.1) is 19.6 Å². The molecule has 1 unspecified atom stereocenters. The predicted octanol–water partition coefficient (Wildman–Crippen LogP) is 2.51. The van der Waals surface area contributed by atoms with Gasteiger partial charge in [-0.1, -0.05) is 24.3 Å². The highest BCUT2D eigenvalue weighted by atomic mass is 16.5. The molecule has 72 valence electrons. The molecule has 0 spiro atoms. The smallest absolute Gasteiger partial charge is 0.312 e. The molecule has 3 nitrogen and oxygen atoms in total. The number of esters is 1. The minimum Gasteiger partial charge on any atom is -0.469 e. The SMILES string of the molecule is [C-]#[N+]c1ccc(C(C)C(=O)OC)cc1. The van der Waals surface area contributed by atoms with E-state index in [0.29, 0.717) is 5.69 Å². The molecular formula is C11H11NO2. The first-order valence-electron chi connectivity index (χ1n) is 4.24. The maximum Gasteiger partial charge on any atom is 0.312 e. The van der Waals surface area contributed by atoms with Gasteiger partial charge in [0, 0.05) is 0 Å². The van der Waals surface area contributed by atoms with Crippen molar-refractivity contribution in [1.82, 2.24) is 0 Å². The number of benzene rings is 1. The lowest BCUT2D eigenvalue weighted by Gasteiger charge is -2.08. The van der Waals surface area contributed by atoms with Gasteiger partial charge in [-0.05, 0) is 12.5 Å². The summed E-state index contributed by atoms with van der Waals surface area (Å²) in [4.78, 5) is 14.5. The molecule has 1 aromatic rings. The maximum atomic E-state index is 11.2. The molecule has 1 aromatic carbocycles. The first-order chi connectivity index (χ1) is 6.69. The van der Waals surface area contributed by atoms with E-state index < -0.39 is 0 Å². The molecule has 3 heteroatoms. The van der Waals surface area contributed by atoms with Crippen LogP contribution in [0.5, 0.6) is 0 Å². The van der Waals surface area contributed by atoms with Crippen LogP contribution in [-0.2, 0) is 9.53 Å². The van der Waals surface area contributed by atoms with Crippen molar-refractivity contribution in [3.63, 3.8) is 0 Å². The summed E-state index contributed by atoms with van der Waals surface area (Å²) in [7, 11) is 1.37. The molecule has 0 radical (unpaired) electrons. The molecule has 0 N–H and O–H groups in total. The lowest BCUT2D eigenvalue weighted by molar-refractivity contribution is -0.141. The minimum atomic E-state index is -0.278. The van der Waals surface area contributed by atoms with Crippen molar-refractivity contribution in [1.29, 1.82) is 0 Å². The zero-order chi connectivity index (χ0) is 10.6. The molecule has 0 amide bonds. The van der Waals surface area contributed by atoms with Crippen LogP contribution in [0.3, 0.4) is 0 Å². The monoisotopic (exact) mass is 189 g/mol. The topological polar surface area (TPSA) is 30.7 Å². The quantitative estimate of drug-likeness (QED) is 0.528. The molecule has 0 bridgehead atoms. The van der Waals surface area contributed by atoms with Crippen LogP contribution in [0, 0.1) is 6.57 Å². The number of rotatable bonds is 2. The fourth-order valence-corrected chi connectivity index (χ4v) is 1.15. The van der Waals surface area contributed by atoms with E-state index in [-0.39, 0.29) is 11.9 Å². The van der Waals surface area contributed by atoms with Crippen LogP contribution in [0.25, 0.3) is 4.85 Å². The van der Waals surface area contributed by atoms with Crippen molar-refractivity contribution >= 4 is 11.7 Å². The van der Waals surface area contributed by atoms with Crippen LogP contribution in [0.15, 0.2) is 24.3 Å². The molecule has 0 saturated carbocycles. The van der Waals surface area contributed by atoms with Crippen molar-refractivity contribution < 1.29 is 9.53 Å². The minimum absolute atomic E-state index is 0.263. The number of nitrogens with zero attached hydrogens (tertiary/aromatic N) is 1. The standard InChI is InChI=1S/C11H11NO2/c1-8(11(13)14-3)9-4-6-10(12-2)7-5-9/h4-8H,1,3H3. The first-order valence-corrected chi connectivity index (χ1v) is 4.24. The van der Waals surface area contributed by atoms with E-state index in [1.165, 1.54) is 7.11 Å². The van der Waals surface area contributed by atoms with Gasteiger partial charge in [0.1, 0.15) is 0 Å². The summed E-state index contributed by atoms with van der Waals surface area (Å²) >= 11 is 0. The predicted molar refractivity (Wildman–Crippen MR) is 53.1 cm³/mol. The zero-order valence-electron chi connectivity index (χ0n) is 8.15. The third-order valence-corrected chi connectivity index (χ3v) is 2.08. The third kappa shape index (κ3) is 2.11. The fourth-order valence-electron chi connectivity index (χ4n) is 1.15. The highest BCUT2D eigenvalue weighted by Gasteiger charge is 2.14. The van der Waals surface area contributed by atoms with Crippen LogP contribution in [0.2, 0.25) is 0 Å². The van der Waals surface area contributed by atoms with Crippen molar-refractivity contribution in [2.24, 2.45) is 0 Å². The molecule has 14 heavy (non-hydrogen) atoms. The lowest BCUT2D eigenvalue weighted by Crippen LogP contribution is -2.10. The summed E-state index contributed by atoms with van der Waals surface area (Å²) in [5.41, 5.74) is 1.44. The molecule has 0 aliphatic heterocycles. The number of hydrogen-bond acceptors (Lipinski definition) is 2. The van der Waals surface area contributed by atoms with Crippen LogP contribution in [-0.4, -0.2) is 13.1 Å². The van der Waals surface area contributed by atoms with Gasteiger partial charge in [-0.2, -0.15) is 0 Å². The van der Waals surface area contributed by atoms with E-state index in [0.717, 1.165) is 5.56 Å². The molecule has 0 aliphatic rings. The van der Waals surface area contributed by atoms with Crippen LogP contribution < -0.4 is 0 Å². The second-order valence-corrected chi connectivity index (χ2v) is 2.95. The van der Waals surface area contributed by atoms with Crippen LogP contribution >= 0.6 is 0 Å². The molecular weight excluding hydrogens is 178 g/mol. The molecule has 0 fully saturated rings. The largest absolute Gasteiger partial charge is 0.469 e. The van der Waals surface area contributed by atoms with Gasteiger partial charge in [-0.25, -0.2) is 4.85 Å².